The Hall–Kier alpha value is -0.680. The van der Waals surface area contributed by atoms with Crippen LogP contribution in [0.2, 0.25) is 0 Å². The summed E-state index contributed by atoms with van der Waals surface area (Å²) in [4.78, 5) is 0. The van der Waals surface area contributed by atoms with Crippen molar-refractivity contribution >= 4 is 21.6 Å². The lowest BCUT2D eigenvalue weighted by atomic mass is 10.2. The lowest BCUT2D eigenvalue weighted by Crippen LogP contribution is -2.29. The first-order valence-electron chi connectivity index (χ1n) is 5.28. The van der Waals surface area contributed by atoms with Crippen molar-refractivity contribution in [2.45, 2.75) is 18.9 Å². The Kier molecular flexibility index (Phi) is 3.76. The van der Waals surface area contributed by atoms with Crippen LogP contribution < -0.4 is 10.6 Å². The number of hydrogen-bond acceptors (Lipinski definition) is 2. The minimum absolute atomic E-state index is 0.329. The van der Waals surface area contributed by atoms with Crippen LogP contribution in [0, 0.1) is 11.6 Å². The molecule has 1 aromatic rings. The molecule has 2 nitrogen and oxygen atoms in total. The van der Waals surface area contributed by atoms with Crippen LogP contribution in [0.4, 0.5) is 14.5 Å². The number of hydrogen-bond donors (Lipinski definition) is 2. The summed E-state index contributed by atoms with van der Waals surface area (Å²) in [5, 5.41) is 6.30. The van der Waals surface area contributed by atoms with E-state index < -0.39 is 11.6 Å². The molecule has 0 radical (unpaired) electrons. The van der Waals surface area contributed by atoms with Gasteiger partial charge in [-0.1, -0.05) is 0 Å². The average Bonchev–Trinajstić information content (AvgIpc) is 2.68. The number of anilines is 1. The summed E-state index contributed by atoms with van der Waals surface area (Å²) in [5.41, 5.74) is 0.329. The number of benzene rings is 1. The van der Waals surface area contributed by atoms with E-state index in [9.17, 15) is 8.78 Å². The van der Waals surface area contributed by atoms with Crippen molar-refractivity contribution in [1.82, 2.24) is 5.32 Å². The molecule has 1 atom stereocenters. The largest absolute Gasteiger partial charge is 0.380 e. The van der Waals surface area contributed by atoms with Crippen LogP contribution >= 0.6 is 15.9 Å². The zero-order chi connectivity index (χ0) is 11.5. The van der Waals surface area contributed by atoms with Gasteiger partial charge in [-0.15, -0.1) is 0 Å². The van der Waals surface area contributed by atoms with Crippen molar-refractivity contribution in [1.29, 1.82) is 0 Å². The molecule has 1 saturated heterocycles. The minimum atomic E-state index is -0.575. The molecule has 1 aromatic carbocycles. The summed E-state index contributed by atoms with van der Waals surface area (Å²) in [6.07, 6.45) is 2.24. The topological polar surface area (TPSA) is 24.1 Å². The zero-order valence-electron chi connectivity index (χ0n) is 8.69. The third-order valence-corrected chi connectivity index (χ3v) is 3.32. The van der Waals surface area contributed by atoms with Gasteiger partial charge in [0.15, 0.2) is 0 Å². The Labute approximate surface area is 102 Å². The average molecular weight is 291 g/mol. The summed E-state index contributed by atoms with van der Waals surface area (Å²) < 4.78 is 26.7. The fraction of sp³-hybridized carbons (Fsp3) is 0.455. The molecular weight excluding hydrogens is 278 g/mol. The van der Waals surface area contributed by atoms with Gasteiger partial charge in [-0.05, 0) is 41.4 Å². The molecule has 0 saturated carbocycles. The number of rotatable bonds is 3. The smallest absolute Gasteiger partial charge is 0.150 e. The summed E-state index contributed by atoms with van der Waals surface area (Å²) in [6, 6.07) is 2.51. The van der Waals surface area contributed by atoms with E-state index in [1.165, 1.54) is 6.07 Å². The van der Waals surface area contributed by atoms with Gasteiger partial charge in [-0.2, -0.15) is 0 Å². The molecule has 1 heterocycles. The van der Waals surface area contributed by atoms with Gasteiger partial charge in [0.2, 0.25) is 0 Å². The van der Waals surface area contributed by atoms with Crippen molar-refractivity contribution in [2.24, 2.45) is 0 Å². The van der Waals surface area contributed by atoms with Crippen LogP contribution in [-0.2, 0) is 0 Å². The molecule has 1 unspecified atom stereocenters. The standard InChI is InChI=1S/C11H13BrF2N2/c12-9-4-7(13)5-10(14)11(9)16-6-8-2-1-3-15-8/h4-5,8,15-16H,1-3,6H2. The molecular formula is C11H13BrF2N2. The molecule has 16 heavy (non-hydrogen) atoms. The van der Waals surface area contributed by atoms with Crippen molar-refractivity contribution in [3.63, 3.8) is 0 Å². The van der Waals surface area contributed by atoms with Crippen molar-refractivity contribution in [2.75, 3.05) is 18.4 Å². The van der Waals surface area contributed by atoms with Crippen LogP contribution in [0.3, 0.4) is 0 Å². The lowest BCUT2D eigenvalue weighted by molar-refractivity contribution is 0.580. The predicted molar refractivity (Wildman–Crippen MR) is 63.6 cm³/mol. The SMILES string of the molecule is Fc1cc(F)c(NCC2CCCN2)c(Br)c1. The zero-order valence-corrected chi connectivity index (χ0v) is 10.3. The van der Waals surface area contributed by atoms with E-state index in [1.807, 2.05) is 0 Å². The fourth-order valence-electron chi connectivity index (χ4n) is 1.87. The molecule has 0 spiro atoms. The maximum absolute atomic E-state index is 13.4. The first-order valence-corrected chi connectivity index (χ1v) is 6.08. The Morgan fingerprint density at radius 3 is 2.88 bits per heavy atom. The molecule has 0 aliphatic carbocycles. The van der Waals surface area contributed by atoms with Crippen LogP contribution in [-0.4, -0.2) is 19.1 Å². The van der Waals surface area contributed by atoms with E-state index in [1.54, 1.807) is 0 Å². The molecule has 1 fully saturated rings. The Morgan fingerprint density at radius 2 is 2.25 bits per heavy atom. The Bertz CT molecular complexity index is 355. The maximum Gasteiger partial charge on any atom is 0.150 e. The van der Waals surface area contributed by atoms with Crippen LogP contribution in [0.25, 0.3) is 0 Å². The van der Waals surface area contributed by atoms with E-state index in [0.717, 1.165) is 25.5 Å². The van der Waals surface area contributed by atoms with Crippen molar-refractivity contribution in [3.05, 3.63) is 28.2 Å². The van der Waals surface area contributed by atoms with Crippen LogP contribution in [0.5, 0.6) is 0 Å². The van der Waals surface area contributed by atoms with Gasteiger partial charge >= 0.3 is 0 Å². The normalized spacial score (nSPS) is 20.1. The molecule has 2 rings (SSSR count). The fourth-order valence-corrected chi connectivity index (χ4v) is 2.42. The summed E-state index contributed by atoms with van der Waals surface area (Å²) >= 11 is 3.14. The monoisotopic (exact) mass is 290 g/mol. The lowest BCUT2D eigenvalue weighted by Gasteiger charge is -2.14. The van der Waals surface area contributed by atoms with Gasteiger partial charge in [0.25, 0.3) is 0 Å². The molecule has 0 aromatic heterocycles. The highest BCUT2D eigenvalue weighted by Gasteiger charge is 2.15. The number of halogens is 3. The van der Waals surface area contributed by atoms with Crippen molar-refractivity contribution in [3.8, 4) is 0 Å². The molecule has 1 aliphatic heterocycles. The van der Waals surface area contributed by atoms with Gasteiger partial charge < -0.3 is 10.6 Å². The van der Waals surface area contributed by atoms with Crippen LogP contribution in [0.1, 0.15) is 12.8 Å². The predicted octanol–water partition coefficient (Wildman–Crippen LogP) is 2.89. The summed E-state index contributed by atoms with van der Waals surface area (Å²) in [7, 11) is 0. The maximum atomic E-state index is 13.4. The molecule has 2 N–H and O–H groups in total. The highest BCUT2D eigenvalue weighted by Crippen LogP contribution is 2.26. The van der Waals surface area contributed by atoms with E-state index in [0.29, 0.717) is 22.7 Å². The van der Waals surface area contributed by atoms with E-state index in [-0.39, 0.29) is 0 Å². The quantitative estimate of drug-likeness (QED) is 0.895. The third kappa shape index (κ3) is 2.71. The van der Waals surface area contributed by atoms with Gasteiger partial charge in [0, 0.05) is 23.1 Å². The van der Waals surface area contributed by atoms with E-state index >= 15 is 0 Å². The first-order chi connectivity index (χ1) is 7.66. The molecule has 0 amide bonds. The van der Waals surface area contributed by atoms with E-state index in [2.05, 4.69) is 26.6 Å². The molecule has 5 heteroatoms. The van der Waals surface area contributed by atoms with E-state index in [4.69, 9.17) is 0 Å². The minimum Gasteiger partial charge on any atom is -0.380 e. The first kappa shape index (κ1) is 11.8. The third-order valence-electron chi connectivity index (χ3n) is 2.69. The molecule has 0 bridgehead atoms. The van der Waals surface area contributed by atoms with Crippen LogP contribution in [0.15, 0.2) is 16.6 Å². The molecule has 88 valence electrons. The highest BCUT2D eigenvalue weighted by atomic mass is 79.9. The van der Waals surface area contributed by atoms with Gasteiger partial charge in [0.1, 0.15) is 11.6 Å². The van der Waals surface area contributed by atoms with Gasteiger partial charge in [-0.25, -0.2) is 8.78 Å². The van der Waals surface area contributed by atoms with Gasteiger partial charge in [-0.3, -0.25) is 0 Å². The highest BCUT2D eigenvalue weighted by molar-refractivity contribution is 9.10. The number of nitrogens with one attached hydrogen (secondary N) is 2. The van der Waals surface area contributed by atoms with Gasteiger partial charge in [0.05, 0.1) is 5.69 Å². The summed E-state index contributed by atoms with van der Waals surface area (Å²) in [5.74, 6) is -1.14. The summed E-state index contributed by atoms with van der Waals surface area (Å²) in [6.45, 7) is 1.67. The Morgan fingerprint density at radius 1 is 1.44 bits per heavy atom. The molecule has 1 aliphatic rings. The Balaban J connectivity index is 2.03. The second-order valence-corrected chi connectivity index (χ2v) is 4.77. The van der Waals surface area contributed by atoms with Crippen molar-refractivity contribution < 1.29 is 8.78 Å². The second kappa shape index (κ2) is 5.10. The second-order valence-electron chi connectivity index (χ2n) is 3.92.